The summed E-state index contributed by atoms with van der Waals surface area (Å²) in [5.74, 6) is 1.01. The van der Waals surface area contributed by atoms with Crippen LogP contribution in [-0.2, 0) is 9.73 Å². The number of nitrogens with zero attached hydrogens (tertiary/aromatic N) is 2. The van der Waals surface area contributed by atoms with Crippen LogP contribution in [0.4, 0.5) is 5.82 Å². The molecule has 3 rings (SSSR count). The van der Waals surface area contributed by atoms with Gasteiger partial charge in [0, 0.05) is 22.2 Å². The maximum absolute atomic E-state index is 13.2. The smallest absolute Gasteiger partial charge is 0.169 e. The highest BCUT2D eigenvalue weighted by atomic mass is 32.2. The minimum Gasteiger partial charge on any atom is -0.244 e. The Labute approximate surface area is 124 Å². The number of pyridine rings is 1. The van der Waals surface area contributed by atoms with Gasteiger partial charge >= 0.3 is 0 Å². The fourth-order valence-corrected chi connectivity index (χ4v) is 3.81. The predicted molar refractivity (Wildman–Crippen MR) is 87.2 cm³/mol. The van der Waals surface area contributed by atoms with Crippen LogP contribution in [0, 0.1) is 0 Å². The number of rotatable bonds is 3. The molecule has 2 aromatic carbocycles. The van der Waals surface area contributed by atoms with Gasteiger partial charge in [-0.3, -0.25) is 0 Å². The molecule has 0 bridgehead atoms. The van der Waals surface area contributed by atoms with Gasteiger partial charge in [-0.05, 0) is 23.6 Å². The number of hydrogen-bond acceptors (Lipinski definition) is 3. The van der Waals surface area contributed by atoms with E-state index in [-0.39, 0.29) is 0 Å². The Morgan fingerprint density at radius 2 is 1.71 bits per heavy atom. The first kappa shape index (κ1) is 13.8. The normalized spacial score (nSPS) is 13.8. The van der Waals surface area contributed by atoms with Crippen LogP contribution in [0.3, 0.4) is 0 Å². The summed E-state index contributed by atoms with van der Waals surface area (Å²) < 4.78 is 17.7. The minimum atomic E-state index is -2.49. The molecule has 0 radical (unpaired) electrons. The fraction of sp³-hybridized carbons (Fsp3) is 0.118. The fourth-order valence-electron chi connectivity index (χ4n) is 2.23. The predicted octanol–water partition coefficient (Wildman–Crippen LogP) is 4.41. The molecule has 0 spiro atoms. The summed E-state index contributed by atoms with van der Waals surface area (Å²) in [7, 11) is -2.49. The van der Waals surface area contributed by atoms with Crippen molar-refractivity contribution in [1.29, 1.82) is 0 Å². The highest BCUT2D eigenvalue weighted by Gasteiger charge is 2.11. The van der Waals surface area contributed by atoms with E-state index in [2.05, 4.69) is 9.35 Å². The SMILES string of the molecule is CCS(=O)(=Nc1nccc2ccccc12)c1ccccc1. The topological polar surface area (TPSA) is 42.3 Å². The average Bonchev–Trinajstić information content (AvgIpc) is 2.56. The Bertz CT molecular complexity index is 876. The Hall–Kier alpha value is -2.20. The molecule has 0 saturated carbocycles. The maximum Gasteiger partial charge on any atom is 0.169 e. The number of fused-ring (bicyclic) bond motifs is 1. The Morgan fingerprint density at radius 1 is 1.00 bits per heavy atom. The van der Waals surface area contributed by atoms with Crippen molar-refractivity contribution in [3.8, 4) is 0 Å². The molecule has 106 valence electrons. The highest BCUT2D eigenvalue weighted by Crippen LogP contribution is 2.26. The van der Waals surface area contributed by atoms with Crippen LogP contribution in [0.15, 0.2) is 76.1 Å². The summed E-state index contributed by atoms with van der Waals surface area (Å²) in [5.41, 5.74) is 0. The van der Waals surface area contributed by atoms with Crippen LogP contribution in [0.25, 0.3) is 10.8 Å². The molecule has 1 aromatic heterocycles. The second-order valence-electron chi connectivity index (χ2n) is 4.69. The van der Waals surface area contributed by atoms with Gasteiger partial charge in [-0.1, -0.05) is 49.4 Å². The molecule has 0 aliphatic carbocycles. The van der Waals surface area contributed by atoms with Crippen LogP contribution in [0.1, 0.15) is 6.92 Å². The maximum atomic E-state index is 13.2. The van der Waals surface area contributed by atoms with E-state index >= 15 is 0 Å². The third-order valence-corrected chi connectivity index (χ3v) is 5.65. The lowest BCUT2D eigenvalue weighted by molar-refractivity contribution is 0.677. The van der Waals surface area contributed by atoms with E-state index in [1.807, 2.05) is 67.6 Å². The van der Waals surface area contributed by atoms with Crippen LogP contribution < -0.4 is 0 Å². The van der Waals surface area contributed by atoms with Crippen molar-refractivity contribution in [2.24, 2.45) is 4.36 Å². The molecular weight excluding hydrogens is 280 g/mol. The summed E-state index contributed by atoms with van der Waals surface area (Å²) in [5, 5.41) is 1.98. The largest absolute Gasteiger partial charge is 0.244 e. The minimum absolute atomic E-state index is 0.460. The lowest BCUT2D eigenvalue weighted by Gasteiger charge is -2.08. The van der Waals surface area contributed by atoms with Crippen LogP contribution >= 0.6 is 0 Å². The summed E-state index contributed by atoms with van der Waals surface area (Å²) in [4.78, 5) is 5.07. The van der Waals surface area contributed by atoms with E-state index in [4.69, 9.17) is 0 Å². The van der Waals surface area contributed by atoms with E-state index in [9.17, 15) is 4.21 Å². The van der Waals surface area contributed by atoms with Gasteiger partial charge in [0.2, 0.25) is 0 Å². The zero-order valence-electron chi connectivity index (χ0n) is 11.8. The van der Waals surface area contributed by atoms with Crippen LogP contribution in [0.5, 0.6) is 0 Å². The van der Waals surface area contributed by atoms with Gasteiger partial charge in [0.05, 0.1) is 9.73 Å². The average molecular weight is 296 g/mol. The zero-order valence-corrected chi connectivity index (χ0v) is 12.6. The molecular formula is C17H16N2OS. The molecule has 0 aliphatic rings. The van der Waals surface area contributed by atoms with E-state index in [0.717, 1.165) is 15.7 Å². The monoisotopic (exact) mass is 296 g/mol. The molecule has 21 heavy (non-hydrogen) atoms. The molecule has 0 aliphatic heterocycles. The van der Waals surface area contributed by atoms with Gasteiger partial charge in [-0.2, -0.15) is 4.36 Å². The summed E-state index contributed by atoms with van der Waals surface area (Å²) in [6.45, 7) is 1.89. The van der Waals surface area contributed by atoms with E-state index in [1.54, 1.807) is 6.20 Å². The zero-order chi connectivity index (χ0) is 14.7. The Kier molecular flexibility index (Phi) is 3.71. The van der Waals surface area contributed by atoms with Crippen molar-refractivity contribution < 1.29 is 4.21 Å². The van der Waals surface area contributed by atoms with E-state index in [1.165, 1.54) is 0 Å². The van der Waals surface area contributed by atoms with Crippen molar-refractivity contribution in [2.45, 2.75) is 11.8 Å². The standard InChI is InChI=1S/C17H16N2OS/c1-2-21(20,15-9-4-3-5-10-15)19-17-16-11-7-6-8-14(16)12-13-18-17/h3-13H,2H2,1H3. The third-order valence-electron chi connectivity index (χ3n) is 3.39. The van der Waals surface area contributed by atoms with Crippen molar-refractivity contribution >= 4 is 26.3 Å². The first-order valence-corrected chi connectivity index (χ1v) is 8.55. The Balaban J connectivity index is 2.25. The molecule has 0 fully saturated rings. The number of hydrogen-bond donors (Lipinski definition) is 0. The summed E-state index contributed by atoms with van der Waals surface area (Å²) in [6, 6.07) is 19.2. The second kappa shape index (κ2) is 5.66. The third kappa shape index (κ3) is 2.67. The molecule has 0 amide bonds. The second-order valence-corrected chi connectivity index (χ2v) is 7.20. The van der Waals surface area contributed by atoms with Gasteiger partial charge < -0.3 is 0 Å². The van der Waals surface area contributed by atoms with Crippen molar-refractivity contribution in [3.05, 3.63) is 66.9 Å². The van der Waals surface area contributed by atoms with Gasteiger partial charge in [0.1, 0.15) is 0 Å². The van der Waals surface area contributed by atoms with Gasteiger partial charge in [0.15, 0.2) is 5.82 Å². The first-order chi connectivity index (χ1) is 10.2. The van der Waals surface area contributed by atoms with Crippen molar-refractivity contribution in [3.63, 3.8) is 0 Å². The molecule has 1 heterocycles. The first-order valence-electron chi connectivity index (χ1n) is 6.86. The molecule has 3 aromatic rings. The van der Waals surface area contributed by atoms with E-state index < -0.39 is 9.73 Å². The molecule has 4 heteroatoms. The van der Waals surface area contributed by atoms with Gasteiger partial charge in [0.25, 0.3) is 0 Å². The van der Waals surface area contributed by atoms with Gasteiger partial charge in [-0.15, -0.1) is 0 Å². The molecule has 0 N–H and O–H groups in total. The lowest BCUT2D eigenvalue weighted by atomic mass is 10.2. The van der Waals surface area contributed by atoms with Crippen LogP contribution in [-0.4, -0.2) is 14.9 Å². The van der Waals surface area contributed by atoms with Crippen molar-refractivity contribution in [1.82, 2.24) is 4.98 Å². The molecule has 1 atom stereocenters. The van der Waals surface area contributed by atoms with Crippen molar-refractivity contribution in [2.75, 3.05) is 5.75 Å². The molecule has 0 saturated heterocycles. The molecule has 1 unspecified atom stereocenters. The molecule has 3 nitrogen and oxygen atoms in total. The highest BCUT2D eigenvalue weighted by molar-refractivity contribution is 7.93. The summed E-state index contributed by atoms with van der Waals surface area (Å²) in [6.07, 6.45) is 1.71. The Morgan fingerprint density at radius 3 is 2.48 bits per heavy atom. The summed E-state index contributed by atoms with van der Waals surface area (Å²) >= 11 is 0. The quantitative estimate of drug-likeness (QED) is 0.718. The lowest BCUT2D eigenvalue weighted by Crippen LogP contribution is -2.03. The number of aromatic nitrogens is 1. The number of benzene rings is 2. The van der Waals surface area contributed by atoms with Gasteiger partial charge in [-0.25, -0.2) is 9.19 Å². The van der Waals surface area contributed by atoms with E-state index in [0.29, 0.717) is 11.6 Å². The van der Waals surface area contributed by atoms with Crippen LogP contribution in [0.2, 0.25) is 0 Å².